The molecule has 0 amide bonds. The fraction of sp³-hybridized carbons (Fsp3) is 0.343. The topological polar surface area (TPSA) is 134 Å². The predicted molar refractivity (Wildman–Crippen MR) is 182 cm³/mol. The van der Waals surface area contributed by atoms with E-state index in [-0.39, 0.29) is 30.3 Å². The van der Waals surface area contributed by atoms with Gasteiger partial charge in [-0.3, -0.25) is 14.4 Å². The van der Waals surface area contributed by atoms with E-state index in [1.807, 2.05) is 50.3 Å². The van der Waals surface area contributed by atoms with Crippen LogP contribution in [0, 0.1) is 13.8 Å². The molecule has 3 N–H and O–H groups in total. The predicted octanol–water partition coefficient (Wildman–Crippen LogP) is 6.67. The molecule has 0 unspecified atom stereocenters. The van der Waals surface area contributed by atoms with Crippen LogP contribution in [0.25, 0.3) is 6.08 Å². The van der Waals surface area contributed by atoms with Gasteiger partial charge in [0.1, 0.15) is 19.0 Å². The van der Waals surface area contributed by atoms with Crippen LogP contribution in [0.2, 0.25) is 0 Å². The van der Waals surface area contributed by atoms with Gasteiger partial charge in [-0.1, -0.05) is 33.7 Å². The fourth-order valence-electron chi connectivity index (χ4n) is 5.33. The molecule has 0 aromatic heterocycles. The number of carboxylic acid groups (broad SMARTS) is 1. The molecule has 46 heavy (non-hydrogen) atoms. The molecule has 0 saturated carbocycles. The largest absolute Gasteiger partial charge is 0.493 e. The van der Waals surface area contributed by atoms with Gasteiger partial charge in [0.2, 0.25) is 0 Å². The van der Waals surface area contributed by atoms with Gasteiger partial charge in [-0.05, 0) is 90.9 Å². The third kappa shape index (κ3) is 8.65. The van der Waals surface area contributed by atoms with Crippen LogP contribution < -0.4 is 19.9 Å². The first-order chi connectivity index (χ1) is 22.0. The van der Waals surface area contributed by atoms with Gasteiger partial charge in [0.15, 0.2) is 23.1 Å². The number of nitrogens with two attached hydrogens (primary N) is 1. The molecule has 4 rings (SSSR count). The first-order valence-electron chi connectivity index (χ1n) is 14.7. The number of ether oxygens (including phenoxy) is 4. The van der Waals surface area contributed by atoms with E-state index in [9.17, 15) is 14.4 Å². The molecule has 0 radical (unpaired) electrons. The number of carboxylic acids is 1. The lowest BCUT2D eigenvalue weighted by Crippen LogP contribution is -2.07. The van der Waals surface area contributed by atoms with E-state index < -0.39 is 5.97 Å². The summed E-state index contributed by atoms with van der Waals surface area (Å²) in [5.74, 6) is 1.16. The maximum absolute atomic E-state index is 13.3. The van der Waals surface area contributed by atoms with Crippen molar-refractivity contribution in [3.63, 3.8) is 0 Å². The van der Waals surface area contributed by atoms with Gasteiger partial charge >= 0.3 is 5.97 Å². The quantitative estimate of drug-likeness (QED) is 0.0736. The molecule has 0 bridgehead atoms. The summed E-state index contributed by atoms with van der Waals surface area (Å²) >= 11 is 0. The minimum Gasteiger partial charge on any atom is -0.493 e. The summed E-state index contributed by atoms with van der Waals surface area (Å²) in [6.07, 6.45) is 3.05. The number of aryl methyl sites for hydroxylation is 2. The van der Waals surface area contributed by atoms with Gasteiger partial charge in [-0.15, -0.1) is 0 Å². The summed E-state index contributed by atoms with van der Waals surface area (Å²) in [4.78, 5) is 36.5. The zero-order chi connectivity index (χ0) is 33.4. The average molecular weight is 666 g/mol. The van der Waals surface area contributed by atoms with Crippen molar-refractivity contribution in [1.29, 1.82) is 0 Å². The van der Waals surface area contributed by atoms with Crippen molar-refractivity contribution in [2.24, 2.45) is 0 Å². The van der Waals surface area contributed by atoms with Crippen LogP contribution in [0.1, 0.15) is 57.1 Å². The highest BCUT2D eigenvalue weighted by Crippen LogP contribution is 2.43. The second-order valence-corrected chi connectivity index (χ2v) is 13.5. The summed E-state index contributed by atoms with van der Waals surface area (Å²) in [6.45, 7) is 6.27. The van der Waals surface area contributed by atoms with Crippen LogP contribution in [0.4, 0.5) is 5.69 Å². The standard InChI is InChI=1S/C35H39NO8S2/c1-20-12-24(15-27-16-26-17-28(41-4)35(42-5)32(36)31(26)33(27)40)13-21(2)34(20)44-19-23-6-7-29(46-45-11-9-30(38)39)25(14-23)8-10-43-18-22(3)37/h6-7,12-15,17H,8-11,16,18-19,36H2,1-5H3,(H,38,39)/b27-15+. The van der Waals surface area contributed by atoms with Crippen molar-refractivity contribution in [1.82, 2.24) is 0 Å². The molecule has 1 aliphatic rings. The summed E-state index contributed by atoms with van der Waals surface area (Å²) in [7, 11) is 6.07. The lowest BCUT2D eigenvalue weighted by Gasteiger charge is -2.15. The van der Waals surface area contributed by atoms with Gasteiger partial charge in [0, 0.05) is 22.6 Å². The smallest absolute Gasteiger partial charge is 0.304 e. The van der Waals surface area contributed by atoms with Crippen LogP contribution in [0.15, 0.2) is 46.9 Å². The molecule has 0 saturated heterocycles. The number of hydrogen-bond acceptors (Lipinski definition) is 10. The zero-order valence-corrected chi connectivity index (χ0v) is 28.3. The van der Waals surface area contributed by atoms with Crippen molar-refractivity contribution in [3.05, 3.63) is 80.9 Å². The van der Waals surface area contributed by atoms with Crippen molar-refractivity contribution < 1.29 is 38.4 Å². The summed E-state index contributed by atoms with van der Waals surface area (Å²) in [6, 6.07) is 11.9. The summed E-state index contributed by atoms with van der Waals surface area (Å²) in [5, 5.41) is 8.94. The highest BCUT2D eigenvalue weighted by molar-refractivity contribution is 8.76. The maximum atomic E-state index is 13.3. The molecule has 3 aromatic carbocycles. The van der Waals surface area contributed by atoms with Crippen LogP contribution in [0.3, 0.4) is 0 Å². The van der Waals surface area contributed by atoms with Crippen LogP contribution in [-0.2, 0) is 33.8 Å². The monoisotopic (exact) mass is 665 g/mol. The number of carbonyl (C=O) groups is 3. The SMILES string of the molecule is COc1cc2c(c(N)c1OC)C(=O)/C(=C/c1cc(C)c(OCc3ccc(SSCCC(=O)O)c(CCOCC(C)=O)c3)c(C)c1)C2. The first-order valence-corrected chi connectivity index (χ1v) is 17.1. The maximum Gasteiger partial charge on any atom is 0.304 e. The Hall–Kier alpha value is -3.93. The second kappa shape index (κ2) is 16.1. The Kier molecular flexibility index (Phi) is 12.2. The average Bonchev–Trinajstić information content (AvgIpc) is 3.31. The number of benzene rings is 3. The molecule has 11 heteroatoms. The third-order valence-electron chi connectivity index (χ3n) is 7.39. The van der Waals surface area contributed by atoms with Gasteiger partial charge < -0.3 is 29.8 Å². The number of anilines is 1. The number of nitrogen functional groups attached to an aromatic ring is 1. The van der Waals surface area contributed by atoms with E-state index in [4.69, 9.17) is 29.8 Å². The number of aliphatic carboxylic acids is 1. The van der Waals surface area contributed by atoms with Gasteiger partial charge in [-0.2, -0.15) is 0 Å². The van der Waals surface area contributed by atoms with E-state index in [0.29, 0.717) is 54.4 Å². The third-order valence-corrected chi connectivity index (χ3v) is 9.85. The number of fused-ring (bicyclic) bond motifs is 1. The Morgan fingerprint density at radius 1 is 1.04 bits per heavy atom. The van der Waals surface area contributed by atoms with Crippen molar-refractivity contribution >= 4 is 50.9 Å². The summed E-state index contributed by atoms with van der Waals surface area (Å²) in [5.41, 5.74) is 13.3. The second-order valence-electron chi connectivity index (χ2n) is 11.0. The van der Waals surface area contributed by atoms with Crippen molar-refractivity contribution in [3.8, 4) is 17.2 Å². The Labute approximate surface area is 277 Å². The van der Waals surface area contributed by atoms with E-state index in [1.54, 1.807) is 7.11 Å². The van der Waals surface area contributed by atoms with Gasteiger partial charge in [0.25, 0.3) is 0 Å². The highest BCUT2D eigenvalue weighted by Gasteiger charge is 2.31. The molecule has 0 heterocycles. The Balaban J connectivity index is 1.48. The number of ketones is 2. The normalized spacial score (nSPS) is 13.2. The molecule has 244 valence electrons. The molecule has 0 spiro atoms. The van der Waals surface area contributed by atoms with Crippen molar-refractivity contribution in [2.45, 2.75) is 51.5 Å². The van der Waals surface area contributed by atoms with E-state index in [1.165, 1.54) is 35.6 Å². The zero-order valence-electron chi connectivity index (χ0n) is 26.7. The Bertz CT molecular complexity index is 1640. The Morgan fingerprint density at radius 3 is 2.43 bits per heavy atom. The number of methoxy groups -OCH3 is 2. The van der Waals surface area contributed by atoms with Gasteiger partial charge in [0.05, 0.1) is 38.5 Å². The van der Waals surface area contributed by atoms with Crippen molar-refractivity contribution in [2.75, 3.05) is 38.9 Å². The number of carbonyl (C=O) groups excluding carboxylic acids is 2. The minimum absolute atomic E-state index is 0.0279. The number of Topliss-reactive ketones (excluding diaryl/α,β-unsaturated/α-hetero) is 2. The number of hydrogen-bond donors (Lipinski definition) is 2. The minimum atomic E-state index is -0.821. The number of rotatable bonds is 16. The molecule has 1 aliphatic carbocycles. The first kappa shape index (κ1) is 34.9. The molecule has 9 nitrogen and oxygen atoms in total. The molecular formula is C35H39NO8S2. The summed E-state index contributed by atoms with van der Waals surface area (Å²) < 4.78 is 22.6. The fourth-order valence-corrected chi connectivity index (χ4v) is 7.56. The van der Waals surface area contributed by atoms with E-state index >= 15 is 0 Å². The molecular weight excluding hydrogens is 627 g/mol. The van der Waals surface area contributed by atoms with Crippen LogP contribution in [-0.4, -0.2) is 55.8 Å². The highest BCUT2D eigenvalue weighted by atomic mass is 33.1. The van der Waals surface area contributed by atoms with Gasteiger partial charge in [-0.25, -0.2) is 0 Å². The number of allylic oxidation sites excluding steroid dienone is 1. The van der Waals surface area contributed by atoms with E-state index in [2.05, 4.69) is 6.07 Å². The molecule has 0 atom stereocenters. The lowest BCUT2D eigenvalue weighted by atomic mass is 10.0. The molecule has 0 aliphatic heterocycles. The lowest BCUT2D eigenvalue weighted by molar-refractivity contribution is -0.136. The Morgan fingerprint density at radius 2 is 1.78 bits per heavy atom. The molecule has 0 fully saturated rings. The molecule has 3 aromatic rings. The van der Waals surface area contributed by atoms with Crippen LogP contribution >= 0.6 is 21.6 Å². The van der Waals surface area contributed by atoms with E-state index in [0.717, 1.165) is 44.0 Å². The van der Waals surface area contributed by atoms with Crippen LogP contribution in [0.5, 0.6) is 17.2 Å².